The second-order valence-corrected chi connectivity index (χ2v) is 7.62. The van der Waals surface area contributed by atoms with Crippen LogP contribution < -0.4 is 10.6 Å². The Morgan fingerprint density at radius 3 is 2.61 bits per heavy atom. The quantitative estimate of drug-likeness (QED) is 0.821. The van der Waals surface area contributed by atoms with Gasteiger partial charge in [-0.3, -0.25) is 4.79 Å². The van der Waals surface area contributed by atoms with Gasteiger partial charge in [-0.1, -0.05) is 44.4 Å². The number of anilines is 1. The molecule has 124 valence electrons. The largest absolute Gasteiger partial charge is 0.359 e. The summed E-state index contributed by atoms with van der Waals surface area (Å²) >= 11 is 1.51. The van der Waals surface area contributed by atoms with E-state index in [1.807, 2.05) is 5.38 Å². The lowest BCUT2D eigenvalue weighted by molar-refractivity contribution is 0.0899. The molecule has 2 aliphatic carbocycles. The van der Waals surface area contributed by atoms with E-state index in [9.17, 15) is 4.79 Å². The lowest BCUT2D eigenvalue weighted by Crippen LogP contribution is -2.48. The summed E-state index contributed by atoms with van der Waals surface area (Å²) < 4.78 is 0. The van der Waals surface area contributed by atoms with Crippen molar-refractivity contribution < 1.29 is 4.79 Å². The number of aromatic nitrogens is 1. The van der Waals surface area contributed by atoms with Crippen LogP contribution in [-0.4, -0.2) is 22.5 Å². The maximum absolute atomic E-state index is 12.5. The van der Waals surface area contributed by atoms with E-state index in [1.54, 1.807) is 0 Å². The molecule has 0 aliphatic heterocycles. The van der Waals surface area contributed by atoms with Gasteiger partial charge < -0.3 is 10.6 Å². The number of hydrogen-bond acceptors (Lipinski definition) is 4. The molecule has 1 aromatic heterocycles. The molecule has 5 heteroatoms. The SMILES string of the molecule is C#CC1(NC(=O)c2csc(NC3CCCCC3)n2)CCCCC1. The number of carbonyl (C=O) groups excluding carboxylic acids is 1. The summed E-state index contributed by atoms with van der Waals surface area (Å²) in [4.78, 5) is 17.0. The molecule has 0 radical (unpaired) electrons. The van der Waals surface area contributed by atoms with Crippen molar-refractivity contribution in [1.29, 1.82) is 0 Å². The van der Waals surface area contributed by atoms with Crippen molar-refractivity contribution in [2.45, 2.75) is 75.8 Å². The summed E-state index contributed by atoms with van der Waals surface area (Å²) in [5, 5.41) is 9.20. The van der Waals surface area contributed by atoms with Crippen LogP contribution in [0.4, 0.5) is 5.13 Å². The van der Waals surface area contributed by atoms with Crippen LogP contribution in [0.5, 0.6) is 0 Å². The number of nitrogens with one attached hydrogen (secondary N) is 2. The first kappa shape index (κ1) is 16.3. The van der Waals surface area contributed by atoms with Crippen molar-refractivity contribution in [1.82, 2.24) is 10.3 Å². The third-order valence-electron chi connectivity index (χ3n) is 5.01. The first-order chi connectivity index (χ1) is 11.2. The van der Waals surface area contributed by atoms with Gasteiger partial charge >= 0.3 is 0 Å². The third-order valence-corrected chi connectivity index (χ3v) is 5.78. The highest BCUT2D eigenvalue weighted by Crippen LogP contribution is 2.28. The van der Waals surface area contributed by atoms with Crippen LogP contribution >= 0.6 is 11.3 Å². The molecule has 4 nitrogen and oxygen atoms in total. The van der Waals surface area contributed by atoms with Gasteiger partial charge in [0.05, 0.1) is 0 Å². The molecular formula is C18H25N3OS. The Balaban J connectivity index is 1.60. The Labute approximate surface area is 142 Å². The van der Waals surface area contributed by atoms with Crippen molar-refractivity contribution in [3.63, 3.8) is 0 Å². The smallest absolute Gasteiger partial charge is 0.272 e. The predicted octanol–water partition coefficient (Wildman–Crippen LogP) is 3.95. The number of hydrogen-bond donors (Lipinski definition) is 2. The molecule has 1 aromatic rings. The summed E-state index contributed by atoms with van der Waals surface area (Å²) in [6.07, 6.45) is 17.1. The average molecular weight is 331 g/mol. The van der Waals surface area contributed by atoms with E-state index in [4.69, 9.17) is 6.42 Å². The van der Waals surface area contributed by atoms with Crippen molar-refractivity contribution in [2.75, 3.05) is 5.32 Å². The fourth-order valence-electron chi connectivity index (χ4n) is 3.61. The highest BCUT2D eigenvalue weighted by molar-refractivity contribution is 7.13. The topological polar surface area (TPSA) is 54.0 Å². The summed E-state index contributed by atoms with van der Waals surface area (Å²) in [6, 6.07) is 0.501. The van der Waals surface area contributed by atoms with E-state index in [2.05, 4.69) is 21.5 Å². The first-order valence-corrected chi connectivity index (χ1v) is 9.61. The van der Waals surface area contributed by atoms with Crippen molar-refractivity contribution >= 4 is 22.4 Å². The maximum Gasteiger partial charge on any atom is 0.272 e. The Kier molecular flexibility index (Phi) is 5.22. The summed E-state index contributed by atoms with van der Waals surface area (Å²) in [5.74, 6) is 2.68. The zero-order valence-corrected chi connectivity index (χ0v) is 14.4. The molecule has 3 rings (SSSR count). The van der Waals surface area contributed by atoms with Crippen molar-refractivity contribution in [3.05, 3.63) is 11.1 Å². The zero-order valence-electron chi connectivity index (χ0n) is 13.6. The van der Waals surface area contributed by atoms with E-state index in [0.29, 0.717) is 11.7 Å². The fraction of sp³-hybridized carbons (Fsp3) is 0.667. The average Bonchev–Trinajstić information content (AvgIpc) is 3.05. The van der Waals surface area contributed by atoms with E-state index >= 15 is 0 Å². The molecule has 23 heavy (non-hydrogen) atoms. The monoisotopic (exact) mass is 331 g/mol. The molecule has 2 fully saturated rings. The van der Waals surface area contributed by atoms with Gasteiger partial charge in [-0.25, -0.2) is 4.98 Å². The lowest BCUT2D eigenvalue weighted by atomic mass is 9.82. The van der Waals surface area contributed by atoms with E-state index in [1.165, 1.54) is 49.9 Å². The van der Waals surface area contributed by atoms with Crippen molar-refractivity contribution in [2.24, 2.45) is 0 Å². The molecule has 1 amide bonds. The van der Waals surface area contributed by atoms with Crippen LogP contribution in [0, 0.1) is 12.3 Å². The number of thiazole rings is 1. The van der Waals surface area contributed by atoms with Crippen LogP contribution in [0.1, 0.15) is 74.7 Å². The van der Waals surface area contributed by atoms with Crippen LogP contribution in [0.3, 0.4) is 0 Å². The van der Waals surface area contributed by atoms with E-state index in [0.717, 1.165) is 30.8 Å². The van der Waals surface area contributed by atoms with Crippen LogP contribution in [0.25, 0.3) is 0 Å². The molecule has 0 spiro atoms. The first-order valence-electron chi connectivity index (χ1n) is 8.73. The molecule has 0 atom stereocenters. The van der Waals surface area contributed by atoms with Gasteiger partial charge in [-0.15, -0.1) is 17.8 Å². The van der Waals surface area contributed by atoms with Crippen LogP contribution in [0.15, 0.2) is 5.38 Å². The Morgan fingerprint density at radius 2 is 1.91 bits per heavy atom. The van der Waals surface area contributed by atoms with Gasteiger partial charge in [0.1, 0.15) is 11.2 Å². The highest BCUT2D eigenvalue weighted by Gasteiger charge is 2.32. The predicted molar refractivity (Wildman–Crippen MR) is 94.7 cm³/mol. The Bertz CT molecular complexity index is 577. The van der Waals surface area contributed by atoms with E-state index < -0.39 is 5.54 Å². The Hall–Kier alpha value is -1.54. The zero-order chi connectivity index (χ0) is 16.1. The van der Waals surface area contributed by atoms with Crippen LogP contribution in [0.2, 0.25) is 0 Å². The van der Waals surface area contributed by atoms with Gasteiger partial charge in [0.25, 0.3) is 5.91 Å². The fourth-order valence-corrected chi connectivity index (χ4v) is 4.38. The minimum atomic E-state index is -0.476. The molecule has 0 aromatic carbocycles. The van der Waals surface area contributed by atoms with E-state index in [-0.39, 0.29) is 5.91 Å². The lowest BCUT2D eigenvalue weighted by Gasteiger charge is -2.33. The van der Waals surface area contributed by atoms with Crippen LogP contribution in [-0.2, 0) is 0 Å². The van der Waals surface area contributed by atoms with Gasteiger partial charge in [0.15, 0.2) is 5.13 Å². The Morgan fingerprint density at radius 1 is 1.22 bits per heavy atom. The van der Waals surface area contributed by atoms with Gasteiger partial charge in [-0.2, -0.15) is 0 Å². The molecule has 0 unspecified atom stereocenters. The summed E-state index contributed by atoms with van der Waals surface area (Å²) in [6.45, 7) is 0. The molecule has 2 aliphatic rings. The summed E-state index contributed by atoms with van der Waals surface area (Å²) in [7, 11) is 0. The molecule has 1 heterocycles. The second-order valence-electron chi connectivity index (χ2n) is 6.76. The van der Waals surface area contributed by atoms with Gasteiger partial charge in [0, 0.05) is 11.4 Å². The maximum atomic E-state index is 12.5. The molecule has 0 bridgehead atoms. The second kappa shape index (κ2) is 7.35. The standard InChI is InChI=1S/C18H25N3OS/c1-2-18(11-7-4-8-12-18)21-16(22)15-13-23-17(20-15)19-14-9-5-3-6-10-14/h1,13-14H,3-12H2,(H,19,20)(H,21,22). The van der Waals surface area contributed by atoms with Crippen molar-refractivity contribution in [3.8, 4) is 12.3 Å². The number of carbonyl (C=O) groups is 1. The number of amides is 1. The molecular weight excluding hydrogens is 306 g/mol. The number of rotatable bonds is 4. The highest BCUT2D eigenvalue weighted by atomic mass is 32.1. The normalized spacial score (nSPS) is 21.3. The third kappa shape index (κ3) is 4.06. The molecule has 2 N–H and O–H groups in total. The number of nitrogens with zero attached hydrogens (tertiary/aromatic N) is 1. The number of terminal acetylenes is 1. The van der Waals surface area contributed by atoms with Gasteiger partial charge in [-0.05, 0) is 25.7 Å². The molecule has 2 saturated carbocycles. The summed E-state index contributed by atoms with van der Waals surface area (Å²) in [5.41, 5.74) is 0.00382. The van der Waals surface area contributed by atoms with Gasteiger partial charge in [0.2, 0.25) is 0 Å². The molecule has 0 saturated heterocycles. The minimum Gasteiger partial charge on any atom is -0.359 e. The minimum absolute atomic E-state index is 0.141.